The van der Waals surface area contributed by atoms with Crippen LogP contribution in [0.5, 0.6) is 11.5 Å². The van der Waals surface area contributed by atoms with E-state index in [1.165, 1.54) is 6.42 Å². The molecular weight excluding hydrogens is 386 g/mol. The van der Waals surface area contributed by atoms with Crippen LogP contribution < -0.4 is 10.1 Å². The average molecular weight is 420 g/mol. The van der Waals surface area contributed by atoms with E-state index in [0.29, 0.717) is 28.9 Å². The highest BCUT2D eigenvalue weighted by atomic mass is 16.5. The third-order valence-corrected chi connectivity index (χ3v) is 5.75. The fourth-order valence-corrected chi connectivity index (χ4v) is 4.02. The smallest absolute Gasteiger partial charge is 0.255 e. The van der Waals surface area contributed by atoms with Crippen LogP contribution in [-0.4, -0.2) is 24.2 Å². The van der Waals surface area contributed by atoms with Crippen LogP contribution >= 0.6 is 0 Å². The number of amides is 1. The van der Waals surface area contributed by atoms with Gasteiger partial charge in [-0.2, -0.15) is 0 Å². The molecular formula is C27H33NO3. The minimum absolute atomic E-state index is 0.00197. The Labute approximate surface area is 185 Å². The number of hydrogen-bond acceptors (Lipinski definition) is 3. The largest absolute Gasteiger partial charge is 0.507 e. The lowest BCUT2D eigenvalue weighted by atomic mass is 9.93. The summed E-state index contributed by atoms with van der Waals surface area (Å²) in [7, 11) is 1.59. The third-order valence-electron chi connectivity index (χ3n) is 5.75. The van der Waals surface area contributed by atoms with Crippen molar-refractivity contribution in [2.45, 2.75) is 58.4 Å². The van der Waals surface area contributed by atoms with E-state index in [0.717, 1.165) is 36.8 Å². The molecule has 31 heavy (non-hydrogen) atoms. The molecule has 4 heteroatoms. The highest BCUT2D eigenvalue weighted by Crippen LogP contribution is 2.36. The number of hydrogen-bond donors (Lipinski definition) is 2. The van der Waals surface area contributed by atoms with Gasteiger partial charge in [-0.05, 0) is 50.3 Å². The zero-order valence-electron chi connectivity index (χ0n) is 18.8. The fourth-order valence-electron chi connectivity index (χ4n) is 4.02. The number of aromatic hydroxyl groups is 1. The van der Waals surface area contributed by atoms with Crippen molar-refractivity contribution in [3.63, 3.8) is 0 Å². The van der Waals surface area contributed by atoms with Crippen LogP contribution in [0.1, 0.15) is 73.0 Å². The number of methoxy groups -OCH3 is 1. The summed E-state index contributed by atoms with van der Waals surface area (Å²) in [5.74, 6) is 0.355. The second kappa shape index (κ2) is 10.9. The fraction of sp³-hybridized carbons (Fsp3) is 0.370. The number of rotatable bonds is 7. The maximum absolute atomic E-state index is 13.3. The minimum atomic E-state index is -0.224. The van der Waals surface area contributed by atoms with Gasteiger partial charge in [0.05, 0.1) is 12.7 Å². The summed E-state index contributed by atoms with van der Waals surface area (Å²) in [5.41, 5.74) is 3.76. The molecule has 0 atom stereocenters. The van der Waals surface area contributed by atoms with E-state index in [1.54, 1.807) is 7.11 Å². The van der Waals surface area contributed by atoms with Gasteiger partial charge in [0.25, 0.3) is 5.91 Å². The molecule has 3 rings (SSSR count). The quantitative estimate of drug-likeness (QED) is 0.418. The summed E-state index contributed by atoms with van der Waals surface area (Å²) in [6, 6.07) is 11.9. The minimum Gasteiger partial charge on any atom is -0.507 e. The van der Waals surface area contributed by atoms with E-state index in [2.05, 4.69) is 5.32 Å². The van der Waals surface area contributed by atoms with Crippen LogP contribution in [0.15, 0.2) is 48.0 Å². The first-order valence-corrected chi connectivity index (χ1v) is 11.1. The summed E-state index contributed by atoms with van der Waals surface area (Å²) in [5, 5.41) is 14.3. The predicted octanol–water partition coefficient (Wildman–Crippen LogP) is 6.14. The molecule has 0 spiro atoms. The van der Waals surface area contributed by atoms with Gasteiger partial charge in [0.1, 0.15) is 11.5 Å². The van der Waals surface area contributed by atoms with Crippen molar-refractivity contribution in [2.75, 3.05) is 7.11 Å². The Balaban J connectivity index is 2.03. The van der Waals surface area contributed by atoms with Crippen LogP contribution in [0.25, 0.3) is 12.2 Å². The number of benzene rings is 2. The number of carbonyl (C=O) groups excluding carboxylic acids is 1. The molecule has 0 heterocycles. The molecule has 0 radical (unpaired) electrons. The van der Waals surface area contributed by atoms with Crippen LogP contribution in [0.4, 0.5) is 0 Å². The van der Waals surface area contributed by atoms with E-state index in [-0.39, 0.29) is 17.7 Å². The SMILES string of the molecule is COc1cc(/C=C/c2ccccc2)c(C(=O)NC2CCCCC2)c(O)c1CC=C(C)C. The second-order valence-electron chi connectivity index (χ2n) is 8.41. The van der Waals surface area contributed by atoms with Crippen LogP contribution in [0, 0.1) is 0 Å². The van der Waals surface area contributed by atoms with Crippen molar-refractivity contribution in [1.29, 1.82) is 0 Å². The second-order valence-corrected chi connectivity index (χ2v) is 8.41. The molecule has 164 valence electrons. The molecule has 1 fully saturated rings. The Hall–Kier alpha value is -3.01. The highest BCUT2D eigenvalue weighted by molar-refractivity contribution is 6.02. The average Bonchev–Trinajstić information content (AvgIpc) is 2.77. The zero-order chi connectivity index (χ0) is 22.2. The van der Waals surface area contributed by atoms with Gasteiger partial charge in [0, 0.05) is 11.6 Å². The Kier molecular flexibility index (Phi) is 7.94. The van der Waals surface area contributed by atoms with E-state index in [1.807, 2.05) is 68.5 Å². The van der Waals surface area contributed by atoms with Crippen LogP contribution in [0.2, 0.25) is 0 Å². The number of nitrogens with one attached hydrogen (secondary N) is 1. The molecule has 0 aromatic heterocycles. The zero-order valence-corrected chi connectivity index (χ0v) is 18.8. The number of ether oxygens (including phenoxy) is 1. The lowest BCUT2D eigenvalue weighted by molar-refractivity contribution is 0.0924. The van der Waals surface area contributed by atoms with Gasteiger partial charge in [-0.1, -0.05) is 73.4 Å². The standard InChI is InChI=1S/C27H33NO3/c1-19(2)14-17-23-24(31-3)18-21(16-15-20-10-6-4-7-11-20)25(26(23)29)27(30)28-22-12-8-5-9-13-22/h4,6-7,10-11,14-16,18,22,29H,5,8-9,12-13,17H2,1-3H3,(H,28,30)/b16-15+. The van der Waals surface area contributed by atoms with Gasteiger partial charge in [-0.3, -0.25) is 4.79 Å². The van der Waals surface area contributed by atoms with E-state index >= 15 is 0 Å². The lowest BCUT2D eigenvalue weighted by Gasteiger charge is -2.24. The van der Waals surface area contributed by atoms with Crippen molar-refractivity contribution in [1.82, 2.24) is 5.32 Å². The monoisotopic (exact) mass is 419 g/mol. The van der Waals surface area contributed by atoms with Gasteiger partial charge in [0.2, 0.25) is 0 Å². The molecule has 2 N–H and O–H groups in total. The first-order valence-electron chi connectivity index (χ1n) is 11.1. The van der Waals surface area contributed by atoms with Gasteiger partial charge < -0.3 is 15.2 Å². The predicted molar refractivity (Wildman–Crippen MR) is 128 cm³/mol. The summed E-state index contributed by atoms with van der Waals surface area (Å²) in [6.45, 7) is 4.02. The highest BCUT2D eigenvalue weighted by Gasteiger charge is 2.24. The van der Waals surface area contributed by atoms with Gasteiger partial charge >= 0.3 is 0 Å². The van der Waals surface area contributed by atoms with Crippen molar-refractivity contribution in [3.8, 4) is 11.5 Å². The van der Waals surface area contributed by atoms with E-state index in [4.69, 9.17) is 4.74 Å². The van der Waals surface area contributed by atoms with Crippen molar-refractivity contribution < 1.29 is 14.6 Å². The molecule has 0 unspecified atom stereocenters. The molecule has 1 saturated carbocycles. The summed E-state index contributed by atoms with van der Waals surface area (Å²) >= 11 is 0. The van der Waals surface area contributed by atoms with Crippen LogP contribution in [0.3, 0.4) is 0 Å². The van der Waals surface area contributed by atoms with Crippen molar-refractivity contribution >= 4 is 18.1 Å². The summed E-state index contributed by atoms with van der Waals surface area (Å²) in [6.07, 6.45) is 11.8. The molecule has 0 aliphatic heterocycles. The Bertz CT molecular complexity index is 950. The Morgan fingerprint density at radius 3 is 2.48 bits per heavy atom. The molecule has 0 bridgehead atoms. The molecule has 2 aromatic rings. The van der Waals surface area contributed by atoms with E-state index in [9.17, 15) is 9.90 Å². The third kappa shape index (κ3) is 6.00. The molecule has 1 aliphatic rings. The topological polar surface area (TPSA) is 58.6 Å². The van der Waals surface area contributed by atoms with Gasteiger partial charge in [-0.25, -0.2) is 0 Å². The normalized spacial score (nSPS) is 14.4. The molecule has 4 nitrogen and oxygen atoms in total. The molecule has 0 saturated heterocycles. The van der Waals surface area contributed by atoms with E-state index < -0.39 is 0 Å². The first kappa shape index (κ1) is 22.7. The van der Waals surface area contributed by atoms with Crippen LogP contribution in [-0.2, 0) is 6.42 Å². The Morgan fingerprint density at radius 2 is 1.84 bits per heavy atom. The van der Waals surface area contributed by atoms with Gasteiger partial charge in [-0.15, -0.1) is 0 Å². The summed E-state index contributed by atoms with van der Waals surface area (Å²) < 4.78 is 5.58. The number of carbonyl (C=O) groups is 1. The maximum Gasteiger partial charge on any atom is 0.255 e. The van der Waals surface area contributed by atoms with Gasteiger partial charge in [0.15, 0.2) is 0 Å². The summed E-state index contributed by atoms with van der Waals surface area (Å²) in [4.78, 5) is 13.3. The maximum atomic E-state index is 13.3. The molecule has 2 aromatic carbocycles. The van der Waals surface area contributed by atoms with Crippen molar-refractivity contribution in [3.05, 3.63) is 70.3 Å². The lowest BCUT2D eigenvalue weighted by Crippen LogP contribution is -2.36. The number of phenolic OH excluding ortho intramolecular Hbond substituents is 1. The molecule has 1 aliphatic carbocycles. The Morgan fingerprint density at radius 1 is 1.13 bits per heavy atom. The number of phenols is 1. The first-order chi connectivity index (χ1) is 15.0. The number of allylic oxidation sites excluding steroid dienone is 2. The van der Waals surface area contributed by atoms with Crippen molar-refractivity contribution in [2.24, 2.45) is 0 Å². The molecule has 1 amide bonds.